The van der Waals surface area contributed by atoms with Gasteiger partial charge in [0.05, 0.1) is 13.2 Å². The zero-order valence-electron chi connectivity index (χ0n) is 19.6. The maximum atomic E-state index is 13.1. The molecule has 2 amide bonds. The van der Waals surface area contributed by atoms with Gasteiger partial charge in [0.25, 0.3) is 0 Å². The largest absolute Gasteiger partial charge is 0.467 e. The SMILES string of the molecule is COC(=O)[C@H](Cc1ccccc1)NC(=O)C(CC(C)C)NC(=O)[C@@H](N)CCc1ccccc1. The fraction of sp³-hybridized carbons (Fsp3) is 0.423. The van der Waals surface area contributed by atoms with E-state index in [-0.39, 0.29) is 18.2 Å². The monoisotopic (exact) mass is 453 g/mol. The quantitative estimate of drug-likeness (QED) is 0.428. The number of benzene rings is 2. The van der Waals surface area contributed by atoms with Crippen LogP contribution in [0.25, 0.3) is 0 Å². The highest BCUT2D eigenvalue weighted by Crippen LogP contribution is 2.10. The number of amides is 2. The van der Waals surface area contributed by atoms with Crippen LogP contribution >= 0.6 is 0 Å². The Morgan fingerprint density at radius 1 is 0.848 bits per heavy atom. The van der Waals surface area contributed by atoms with Gasteiger partial charge in [-0.2, -0.15) is 0 Å². The lowest BCUT2D eigenvalue weighted by molar-refractivity contribution is -0.145. The Kier molecular flexibility index (Phi) is 10.6. The van der Waals surface area contributed by atoms with Crippen molar-refractivity contribution in [1.29, 1.82) is 0 Å². The predicted molar refractivity (Wildman–Crippen MR) is 128 cm³/mol. The van der Waals surface area contributed by atoms with Crippen LogP contribution < -0.4 is 16.4 Å². The Hall–Kier alpha value is -3.19. The van der Waals surface area contributed by atoms with Crippen molar-refractivity contribution in [3.8, 4) is 0 Å². The van der Waals surface area contributed by atoms with Gasteiger partial charge in [0.2, 0.25) is 11.8 Å². The number of esters is 1. The Morgan fingerprint density at radius 2 is 1.39 bits per heavy atom. The van der Waals surface area contributed by atoms with Crippen molar-refractivity contribution < 1.29 is 19.1 Å². The lowest BCUT2D eigenvalue weighted by Gasteiger charge is -2.24. The van der Waals surface area contributed by atoms with Crippen molar-refractivity contribution in [2.24, 2.45) is 11.7 Å². The van der Waals surface area contributed by atoms with Crippen LogP contribution in [0.1, 0.15) is 37.8 Å². The molecule has 178 valence electrons. The first-order chi connectivity index (χ1) is 15.8. The summed E-state index contributed by atoms with van der Waals surface area (Å²) in [6, 6.07) is 16.7. The molecular formula is C26H35N3O4. The molecule has 0 saturated carbocycles. The summed E-state index contributed by atoms with van der Waals surface area (Å²) >= 11 is 0. The van der Waals surface area contributed by atoms with Gasteiger partial charge in [-0.25, -0.2) is 4.79 Å². The molecule has 0 fully saturated rings. The fourth-order valence-electron chi connectivity index (χ4n) is 3.54. The summed E-state index contributed by atoms with van der Waals surface area (Å²) < 4.78 is 4.88. The summed E-state index contributed by atoms with van der Waals surface area (Å²) in [7, 11) is 1.28. The van der Waals surface area contributed by atoms with E-state index in [2.05, 4.69) is 10.6 Å². The number of carbonyl (C=O) groups is 3. The van der Waals surface area contributed by atoms with Crippen molar-refractivity contribution in [3.63, 3.8) is 0 Å². The maximum Gasteiger partial charge on any atom is 0.328 e. The number of nitrogens with one attached hydrogen (secondary N) is 2. The summed E-state index contributed by atoms with van der Waals surface area (Å²) in [5, 5.41) is 5.54. The second-order valence-corrected chi connectivity index (χ2v) is 8.60. The number of methoxy groups -OCH3 is 1. The number of hydrogen-bond donors (Lipinski definition) is 3. The Balaban J connectivity index is 2.02. The molecule has 2 aromatic carbocycles. The summed E-state index contributed by atoms with van der Waals surface area (Å²) in [6.45, 7) is 3.92. The van der Waals surface area contributed by atoms with Crippen LogP contribution in [0.5, 0.6) is 0 Å². The molecule has 0 radical (unpaired) electrons. The van der Waals surface area contributed by atoms with E-state index in [1.165, 1.54) is 7.11 Å². The first-order valence-corrected chi connectivity index (χ1v) is 11.3. The van der Waals surface area contributed by atoms with Gasteiger partial charge < -0.3 is 21.1 Å². The molecule has 2 aromatic rings. The highest BCUT2D eigenvalue weighted by molar-refractivity contribution is 5.92. The van der Waals surface area contributed by atoms with Crippen molar-refractivity contribution >= 4 is 17.8 Å². The third kappa shape index (κ3) is 9.06. The molecule has 0 heterocycles. The molecule has 0 saturated heterocycles. The molecule has 33 heavy (non-hydrogen) atoms. The molecule has 0 spiro atoms. The van der Waals surface area contributed by atoms with Crippen LogP contribution in [0.4, 0.5) is 0 Å². The van der Waals surface area contributed by atoms with Gasteiger partial charge in [0.15, 0.2) is 0 Å². The van der Waals surface area contributed by atoms with Crippen molar-refractivity contribution in [2.45, 2.75) is 57.7 Å². The van der Waals surface area contributed by atoms with E-state index in [1.54, 1.807) is 0 Å². The first kappa shape index (κ1) is 26.1. The van der Waals surface area contributed by atoms with Gasteiger partial charge in [0.1, 0.15) is 12.1 Å². The van der Waals surface area contributed by atoms with Gasteiger partial charge >= 0.3 is 5.97 Å². The Morgan fingerprint density at radius 3 is 1.94 bits per heavy atom. The van der Waals surface area contributed by atoms with Gasteiger partial charge in [-0.3, -0.25) is 9.59 Å². The average Bonchev–Trinajstić information content (AvgIpc) is 2.82. The zero-order valence-corrected chi connectivity index (χ0v) is 19.6. The van der Waals surface area contributed by atoms with E-state index in [0.717, 1.165) is 11.1 Å². The van der Waals surface area contributed by atoms with E-state index in [1.807, 2.05) is 74.5 Å². The topological polar surface area (TPSA) is 111 Å². The van der Waals surface area contributed by atoms with Crippen molar-refractivity contribution in [3.05, 3.63) is 71.8 Å². The standard InChI is InChI=1S/C26H35N3O4/c1-18(2)16-22(28-24(30)21(27)15-14-19-10-6-4-7-11-19)25(31)29-23(26(32)33-3)17-20-12-8-5-9-13-20/h4-13,18,21-23H,14-17,27H2,1-3H3,(H,28,30)(H,29,31)/t21-,22?,23-/m0/s1. The van der Waals surface area contributed by atoms with Gasteiger partial charge in [-0.1, -0.05) is 74.5 Å². The Bertz CT molecular complexity index is 887. The fourth-order valence-corrected chi connectivity index (χ4v) is 3.54. The number of hydrogen-bond acceptors (Lipinski definition) is 5. The molecule has 7 nitrogen and oxygen atoms in total. The lowest BCUT2D eigenvalue weighted by Crippen LogP contribution is -2.55. The molecule has 0 aliphatic rings. The highest BCUT2D eigenvalue weighted by atomic mass is 16.5. The van der Waals surface area contributed by atoms with E-state index in [4.69, 9.17) is 10.5 Å². The van der Waals surface area contributed by atoms with Crippen molar-refractivity contribution in [2.75, 3.05) is 7.11 Å². The smallest absolute Gasteiger partial charge is 0.328 e. The summed E-state index contributed by atoms with van der Waals surface area (Å²) in [4.78, 5) is 38.1. The first-order valence-electron chi connectivity index (χ1n) is 11.3. The van der Waals surface area contributed by atoms with Crippen LogP contribution in [0.15, 0.2) is 60.7 Å². The van der Waals surface area contributed by atoms with Gasteiger partial charge in [-0.05, 0) is 36.3 Å². The molecule has 4 N–H and O–H groups in total. The van der Waals surface area contributed by atoms with E-state index >= 15 is 0 Å². The molecule has 0 aromatic heterocycles. The van der Waals surface area contributed by atoms with Crippen LogP contribution in [0, 0.1) is 5.92 Å². The number of nitrogens with two attached hydrogens (primary N) is 1. The minimum Gasteiger partial charge on any atom is -0.467 e. The third-order valence-corrected chi connectivity index (χ3v) is 5.35. The molecular weight excluding hydrogens is 418 g/mol. The third-order valence-electron chi connectivity index (χ3n) is 5.35. The predicted octanol–water partition coefficient (Wildman–Crippen LogP) is 2.38. The van der Waals surface area contributed by atoms with Crippen LogP contribution in [-0.4, -0.2) is 43.0 Å². The minimum atomic E-state index is -0.858. The Labute approximate surface area is 196 Å². The molecule has 0 bridgehead atoms. The molecule has 2 rings (SSSR count). The second-order valence-electron chi connectivity index (χ2n) is 8.60. The van der Waals surface area contributed by atoms with Crippen molar-refractivity contribution in [1.82, 2.24) is 10.6 Å². The molecule has 1 unspecified atom stereocenters. The highest BCUT2D eigenvalue weighted by Gasteiger charge is 2.29. The number of ether oxygens (including phenoxy) is 1. The van der Waals surface area contributed by atoms with Crippen LogP contribution in [0.2, 0.25) is 0 Å². The molecule has 0 aliphatic carbocycles. The van der Waals surface area contributed by atoms with Gasteiger partial charge in [0, 0.05) is 6.42 Å². The van der Waals surface area contributed by atoms with E-state index < -0.39 is 30.0 Å². The zero-order chi connectivity index (χ0) is 24.2. The average molecular weight is 454 g/mol. The normalized spacial score (nSPS) is 13.6. The molecule has 0 aliphatic heterocycles. The second kappa shape index (κ2) is 13.4. The summed E-state index contributed by atoms with van der Waals surface area (Å²) in [5.41, 5.74) is 8.09. The van der Waals surface area contributed by atoms with E-state index in [9.17, 15) is 14.4 Å². The lowest BCUT2D eigenvalue weighted by atomic mass is 10.00. The molecule has 3 atom stereocenters. The summed E-state index contributed by atoms with van der Waals surface area (Å²) in [5.74, 6) is -1.21. The van der Waals surface area contributed by atoms with Crippen LogP contribution in [0.3, 0.4) is 0 Å². The minimum absolute atomic E-state index is 0.146. The number of rotatable bonds is 12. The summed E-state index contributed by atoms with van der Waals surface area (Å²) in [6.07, 6.45) is 1.84. The number of carbonyl (C=O) groups excluding carboxylic acids is 3. The van der Waals surface area contributed by atoms with Gasteiger partial charge in [-0.15, -0.1) is 0 Å². The molecule has 7 heteroatoms. The number of aryl methyl sites for hydroxylation is 1. The van der Waals surface area contributed by atoms with E-state index in [0.29, 0.717) is 19.3 Å². The maximum absolute atomic E-state index is 13.1. The van der Waals surface area contributed by atoms with Crippen LogP contribution in [-0.2, 0) is 32.0 Å².